The van der Waals surface area contributed by atoms with Gasteiger partial charge in [-0.2, -0.15) is 0 Å². The Bertz CT molecular complexity index is 700. The van der Waals surface area contributed by atoms with Gasteiger partial charge in [-0.15, -0.1) is 0 Å². The van der Waals surface area contributed by atoms with Crippen molar-refractivity contribution < 1.29 is 9.53 Å². The molecule has 1 atom stereocenters. The van der Waals surface area contributed by atoms with Crippen molar-refractivity contribution in [1.29, 1.82) is 0 Å². The first-order valence-corrected chi connectivity index (χ1v) is 9.07. The van der Waals surface area contributed by atoms with Crippen molar-refractivity contribution >= 4 is 11.6 Å². The molecule has 1 unspecified atom stereocenters. The van der Waals surface area contributed by atoms with E-state index in [9.17, 15) is 4.79 Å². The molecule has 0 aliphatic carbocycles. The minimum atomic E-state index is -0.286. The standard InChI is InChI=1S/C22H30N2O2/c1-16(24-19-10-8-18(9-11-19)22(2,3)4)21(25)23-15-14-17-6-12-20(26-5)13-7-17/h6-13,16,24H,14-15H2,1-5H3,(H,23,25). The predicted octanol–water partition coefficient (Wildman–Crippen LogP) is 4.15. The first kappa shape index (κ1) is 19.8. The highest BCUT2D eigenvalue weighted by atomic mass is 16.5. The van der Waals surface area contributed by atoms with Gasteiger partial charge < -0.3 is 15.4 Å². The second-order valence-corrected chi connectivity index (χ2v) is 7.58. The molecule has 4 heteroatoms. The minimum Gasteiger partial charge on any atom is -0.497 e. The summed E-state index contributed by atoms with van der Waals surface area (Å²) in [4.78, 5) is 12.3. The monoisotopic (exact) mass is 354 g/mol. The molecule has 2 N–H and O–H groups in total. The van der Waals surface area contributed by atoms with Crippen molar-refractivity contribution in [3.8, 4) is 5.75 Å². The molecular formula is C22H30N2O2. The van der Waals surface area contributed by atoms with Crippen LogP contribution in [0.15, 0.2) is 48.5 Å². The largest absolute Gasteiger partial charge is 0.497 e. The van der Waals surface area contributed by atoms with Gasteiger partial charge >= 0.3 is 0 Å². The van der Waals surface area contributed by atoms with E-state index in [-0.39, 0.29) is 17.4 Å². The molecule has 0 saturated heterocycles. The van der Waals surface area contributed by atoms with Crippen LogP contribution in [0.5, 0.6) is 5.75 Å². The Balaban J connectivity index is 1.79. The Labute approximate surface area is 157 Å². The zero-order chi connectivity index (χ0) is 19.2. The van der Waals surface area contributed by atoms with Gasteiger partial charge in [-0.1, -0.05) is 45.0 Å². The van der Waals surface area contributed by atoms with E-state index in [0.29, 0.717) is 6.54 Å². The molecule has 2 rings (SSSR count). The molecule has 0 radical (unpaired) electrons. The number of hydrogen-bond acceptors (Lipinski definition) is 3. The Hall–Kier alpha value is -2.49. The molecule has 0 bridgehead atoms. The van der Waals surface area contributed by atoms with E-state index in [1.807, 2.05) is 43.3 Å². The number of carbonyl (C=O) groups is 1. The molecule has 26 heavy (non-hydrogen) atoms. The van der Waals surface area contributed by atoms with E-state index in [1.165, 1.54) is 11.1 Å². The number of rotatable bonds is 7. The summed E-state index contributed by atoms with van der Waals surface area (Å²) in [7, 11) is 1.65. The molecule has 0 fully saturated rings. The summed E-state index contributed by atoms with van der Waals surface area (Å²) in [6.07, 6.45) is 0.794. The summed E-state index contributed by atoms with van der Waals surface area (Å²) in [5.41, 5.74) is 3.53. The second kappa shape index (κ2) is 8.75. The van der Waals surface area contributed by atoms with Crippen molar-refractivity contribution in [2.75, 3.05) is 19.0 Å². The first-order valence-electron chi connectivity index (χ1n) is 9.07. The molecule has 0 aliphatic rings. The van der Waals surface area contributed by atoms with Crippen molar-refractivity contribution in [3.05, 3.63) is 59.7 Å². The van der Waals surface area contributed by atoms with Gasteiger partial charge in [-0.3, -0.25) is 4.79 Å². The van der Waals surface area contributed by atoms with Gasteiger partial charge in [-0.25, -0.2) is 0 Å². The number of ether oxygens (including phenoxy) is 1. The summed E-state index contributed by atoms with van der Waals surface area (Å²) in [5.74, 6) is 0.839. The van der Waals surface area contributed by atoms with Crippen LogP contribution in [0.3, 0.4) is 0 Å². The first-order chi connectivity index (χ1) is 12.3. The van der Waals surface area contributed by atoms with E-state index in [0.717, 1.165) is 17.9 Å². The maximum absolute atomic E-state index is 12.3. The average molecular weight is 354 g/mol. The van der Waals surface area contributed by atoms with Gasteiger partial charge in [0.25, 0.3) is 0 Å². The van der Waals surface area contributed by atoms with E-state index in [1.54, 1.807) is 7.11 Å². The highest BCUT2D eigenvalue weighted by molar-refractivity contribution is 5.84. The number of benzene rings is 2. The highest BCUT2D eigenvalue weighted by Crippen LogP contribution is 2.23. The normalized spacial score (nSPS) is 12.3. The molecule has 1 amide bonds. The van der Waals surface area contributed by atoms with E-state index in [4.69, 9.17) is 4.74 Å². The zero-order valence-electron chi connectivity index (χ0n) is 16.4. The second-order valence-electron chi connectivity index (χ2n) is 7.58. The van der Waals surface area contributed by atoms with Gasteiger partial charge in [-0.05, 0) is 54.2 Å². The molecular weight excluding hydrogens is 324 g/mol. The minimum absolute atomic E-state index is 0.00147. The van der Waals surface area contributed by atoms with Gasteiger partial charge in [0.15, 0.2) is 0 Å². The van der Waals surface area contributed by atoms with Crippen LogP contribution in [0.25, 0.3) is 0 Å². The van der Waals surface area contributed by atoms with Crippen molar-refractivity contribution in [3.63, 3.8) is 0 Å². The Kier molecular flexibility index (Phi) is 6.67. The van der Waals surface area contributed by atoms with Crippen LogP contribution >= 0.6 is 0 Å². The molecule has 0 spiro atoms. The Morgan fingerprint density at radius 1 is 1.04 bits per heavy atom. The number of hydrogen-bond donors (Lipinski definition) is 2. The molecule has 2 aromatic rings. The number of methoxy groups -OCH3 is 1. The van der Waals surface area contributed by atoms with Crippen molar-refractivity contribution in [1.82, 2.24) is 5.32 Å². The van der Waals surface area contributed by atoms with Gasteiger partial charge in [0, 0.05) is 12.2 Å². The van der Waals surface area contributed by atoms with E-state index >= 15 is 0 Å². The highest BCUT2D eigenvalue weighted by Gasteiger charge is 2.15. The van der Waals surface area contributed by atoms with Gasteiger partial charge in [0.1, 0.15) is 11.8 Å². The summed E-state index contributed by atoms with van der Waals surface area (Å²) < 4.78 is 5.15. The molecule has 0 saturated carbocycles. The lowest BCUT2D eigenvalue weighted by Gasteiger charge is -2.20. The van der Waals surface area contributed by atoms with Crippen molar-refractivity contribution in [2.45, 2.75) is 45.6 Å². The average Bonchev–Trinajstić information content (AvgIpc) is 2.62. The summed E-state index contributed by atoms with van der Waals surface area (Å²) >= 11 is 0. The van der Waals surface area contributed by atoms with E-state index in [2.05, 4.69) is 43.5 Å². The number of amides is 1. The van der Waals surface area contributed by atoms with Crippen LogP contribution in [-0.4, -0.2) is 25.6 Å². The fourth-order valence-corrected chi connectivity index (χ4v) is 2.66. The third-order valence-corrected chi connectivity index (χ3v) is 4.40. The van der Waals surface area contributed by atoms with E-state index < -0.39 is 0 Å². The maximum Gasteiger partial charge on any atom is 0.242 e. The summed E-state index contributed by atoms with van der Waals surface area (Å²) in [6.45, 7) is 9.05. The molecule has 4 nitrogen and oxygen atoms in total. The molecule has 0 heterocycles. The van der Waals surface area contributed by atoms with Gasteiger partial charge in [0.05, 0.1) is 7.11 Å². The van der Waals surface area contributed by atoms with Gasteiger partial charge in [0.2, 0.25) is 5.91 Å². The molecule has 140 valence electrons. The zero-order valence-corrected chi connectivity index (χ0v) is 16.4. The van der Waals surface area contributed by atoms with Crippen LogP contribution < -0.4 is 15.4 Å². The van der Waals surface area contributed by atoms with Crippen LogP contribution in [0.4, 0.5) is 5.69 Å². The van der Waals surface area contributed by atoms with Crippen LogP contribution in [0.2, 0.25) is 0 Å². The SMILES string of the molecule is COc1ccc(CCNC(=O)C(C)Nc2ccc(C(C)(C)C)cc2)cc1. The molecule has 0 aromatic heterocycles. The van der Waals surface area contributed by atoms with Crippen LogP contribution in [0, 0.1) is 0 Å². The topological polar surface area (TPSA) is 50.4 Å². The maximum atomic E-state index is 12.3. The fourth-order valence-electron chi connectivity index (χ4n) is 2.66. The fraction of sp³-hybridized carbons (Fsp3) is 0.409. The summed E-state index contributed by atoms with van der Waals surface area (Å²) in [5, 5.41) is 6.24. The lowest BCUT2D eigenvalue weighted by Crippen LogP contribution is -2.38. The number of anilines is 1. The number of carbonyl (C=O) groups excluding carboxylic acids is 1. The summed E-state index contributed by atoms with van der Waals surface area (Å²) in [6, 6.07) is 15.9. The Morgan fingerprint density at radius 3 is 2.19 bits per heavy atom. The third-order valence-electron chi connectivity index (χ3n) is 4.40. The smallest absolute Gasteiger partial charge is 0.242 e. The molecule has 2 aromatic carbocycles. The molecule has 0 aliphatic heterocycles. The third kappa shape index (κ3) is 5.80. The lowest BCUT2D eigenvalue weighted by atomic mass is 9.87. The van der Waals surface area contributed by atoms with Crippen LogP contribution in [-0.2, 0) is 16.6 Å². The van der Waals surface area contributed by atoms with Crippen LogP contribution in [0.1, 0.15) is 38.8 Å². The predicted molar refractivity (Wildman–Crippen MR) is 108 cm³/mol. The number of nitrogens with one attached hydrogen (secondary N) is 2. The lowest BCUT2D eigenvalue weighted by molar-refractivity contribution is -0.121. The quantitative estimate of drug-likeness (QED) is 0.785. The Morgan fingerprint density at radius 2 is 1.65 bits per heavy atom. The van der Waals surface area contributed by atoms with Crippen molar-refractivity contribution in [2.24, 2.45) is 0 Å².